The maximum atomic E-state index is 13.1. The van der Waals surface area contributed by atoms with Gasteiger partial charge in [-0.15, -0.1) is 0 Å². The van der Waals surface area contributed by atoms with Gasteiger partial charge in [0.1, 0.15) is 11.5 Å². The average molecular weight is 414 g/mol. The molecular weight excluding hydrogens is 392 g/mol. The van der Waals surface area contributed by atoms with Crippen LogP contribution in [0.3, 0.4) is 0 Å². The summed E-state index contributed by atoms with van der Waals surface area (Å²) in [5.74, 6) is -0.991. The molecule has 31 heavy (non-hydrogen) atoms. The third kappa shape index (κ3) is 4.05. The molecule has 1 aromatic heterocycles. The van der Waals surface area contributed by atoms with Gasteiger partial charge in [0.2, 0.25) is 0 Å². The zero-order valence-corrected chi connectivity index (χ0v) is 17.1. The van der Waals surface area contributed by atoms with Crippen LogP contribution in [0.15, 0.2) is 84.7 Å². The number of carbonyl (C=O) groups excluding carboxylic acids is 2. The van der Waals surface area contributed by atoms with E-state index in [0.29, 0.717) is 17.9 Å². The Labute approximate surface area is 180 Å². The van der Waals surface area contributed by atoms with E-state index in [1.54, 1.807) is 48.8 Å². The zero-order valence-electron chi connectivity index (χ0n) is 17.1. The summed E-state index contributed by atoms with van der Waals surface area (Å²) in [5, 5.41) is 11.1. The maximum Gasteiger partial charge on any atom is 0.295 e. The van der Waals surface area contributed by atoms with Gasteiger partial charge in [-0.3, -0.25) is 14.6 Å². The minimum absolute atomic E-state index is 0.0684. The van der Waals surface area contributed by atoms with Crippen LogP contribution in [0, 0.1) is 0 Å². The van der Waals surface area contributed by atoms with Crippen molar-refractivity contribution in [3.05, 3.63) is 101 Å². The fourth-order valence-corrected chi connectivity index (χ4v) is 3.77. The number of rotatable bonds is 6. The van der Waals surface area contributed by atoms with Crippen LogP contribution in [0.5, 0.6) is 5.75 Å². The fraction of sp³-hybridized carbons (Fsp3) is 0.160. The number of Topliss-reactive ketones (excluding diaryl/α,β-unsaturated/α-hetero) is 1. The highest BCUT2D eigenvalue weighted by Gasteiger charge is 2.46. The van der Waals surface area contributed by atoms with Gasteiger partial charge in [0.05, 0.1) is 18.2 Å². The largest absolute Gasteiger partial charge is 0.507 e. The van der Waals surface area contributed by atoms with Crippen LogP contribution in [0.1, 0.15) is 29.7 Å². The molecule has 3 aromatic rings. The topological polar surface area (TPSA) is 79.7 Å². The molecule has 1 aliphatic heterocycles. The number of ketones is 1. The van der Waals surface area contributed by atoms with Crippen molar-refractivity contribution in [1.82, 2.24) is 9.88 Å². The first kappa shape index (κ1) is 20.3. The van der Waals surface area contributed by atoms with Crippen molar-refractivity contribution in [2.75, 3.05) is 6.61 Å². The second kappa shape index (κ2) is 8.83. The molecule has 4 rings (SSSR count). The lowest BCUT2D eigenvalue weighted by Gasteiger charge is -2.25. The Hall–Kier alpha value is -3.93. The van der Waals surface area contributed by atoms with Crippen molar-refractivity contribution in [2.45, 2.75) is 19.5 Å². The van der Waals surface area contributed by atoms with E-state index >= 15 is 0 Å². The molecule has 2 aromatic carbocycles. The first-order valence-corrected chi connectivity index (χ1v) is 10.1. The number of aliphatic hydroxyl groups excluding tert-OH is 1. The molecule has 6 heteroatoms. The molecule has 1 fully saturated rings. The van der Waals surface area contributed by atoms with Gasteiger partial charge in [-0.25, -0.2) is 0 Å². The Kier molecular flexibility index (Phi) is 5.80. The first-order valence-electron chi connectivity index (χ1n) is 10.1. The number of nitrogens with zero attached hydrogens (tertiary/aromatic N) is 2. The number of ether oxygens (including phenoxy) is 1. The third-order valence-corrected chi connectivity index (χ3v) is 5.18. The molecule has 156 valence electrons. The van der Waals surface area contributed by atoms with Crippen LogP contribution in [0.25, 0.3) is 5.76 Å². The van der Waals surface area contributed by atoms with E-state index in [1.165, 1.54) is 4.90 Å². The molecule has 0 radical (unpaired) electrons. The molecule has 1 N–H and O–H groups in total. The second-order valence-corrected chi connectivity index (χ2v) is 7.15. The summed E-state index contributed by atoms with van der Waals surface area (Å²) in [6, 6.07) is 19.0. The standard InChI is InChI=1S/C25H22N2O4/c1-2-31-20-10-6-9-19(15-20)23(28)21-22(18-7-4-3-5-8-18)27(25(30)24(21)29)16-17-11-13-26-14-12-17/h3-15,22,28H,2,16H2,1H3. The summed E-state index contributed by atoms with van der Waals surface area (Å²) in [7, 11) is 0. The summed E-state index contributed by atoms with van der Waals surface area (Å²) in [4.78, 5) is 31.6. The summed E-state index contributed by atoms with van der Waals surface area (Å²) >= 11 is 0. The van der Waals surface area contributed by atoms with E-state index in [-0.39, 0.29) is 17.9 Å². The molecule has 0 bridgehead atoms. The summed E-state index contributed by atoms with van der Waals surface area (Å²) in [6.07, 6.45) is 3.28. The van der Waals surface area contributed by atoms with E-state index in [9.17, 15) is 14.7 Å². The zero-order chi connectivity index (χ0) is 21.8. The van der Waals surface area contributed by atoms with Crippen LogP contribution in [0.4, 0.5) is 0 Å². The number of pyridine rings is 1. The lowest BCUT2D eigenvalue weighted by molar-refractivity contribution is -0.140. The maximum absolute atomic E-state index is 13.1. The molecule has 0 spiro atoms. The number of amides is 1. The minimum Gasteiger partial charge on any atom is -0.507 e. The molecule has 1 aliphatic rings. The molecule has 1 amide bonds. The normalized spacial score (nSPS) is 17.7. The minimum atomic E-state index is -0.706. The Balaban J connectivity index is 1.83. The SMILES string of the molecule is CCOc1cccc(C(O)=C2C(=O)C(=O)N(Cc3ccncc3)C2c2ccccc2)c1. The number of likely N-dealkylation sites (tertiary alicyclic amines) is 1. The van der Waals surface area contributed by atoms with E-state index in [4.69, 9.17) is 4.74 Å². The van der Waals surface area contributed by atoms with Crippen molar-refractivity contribution in [3.63, 3.8) is 0 Å². The molecule has 0 aliphatic carbocycles. The number of carbonyl (C=O) groups is 2. The second-order valence-electron chi connectivity index (χ2n) is 7.15. The van der Waals surface area contributed by atoms with Gasteiger partial charge in [-0.2, -0.15) is 0 Å². The van der Waals surface area contributed by atoms with Crippen molar-refractivity contribution in [2.24, 2.45) is 0 Å². The van der Waals surface area contributed by atoms with Gasteiger partial charge in [-0.05, 0) is 42.3 Å². The number of hydrogen-bond donors (Lipinski definition) is 1. The van der Waals surface area contributed by atoms with Crippen molar-refractivity contribution < 1.29 is 19.4 Å². The van der Waals surface area contributed by atoms with Crippen LogP contribution < -0.4 is 4.74 Å². The summed E-state index contributed by atoms with van der Waals surface area (Å²) in [6.45, 7) is 2.57. The Morgan fingerprint density at radius 2 is 1.77 bits per heavy atom. The molecule has 6 nitrogen and oxygen atoms in total. The molecular formula is C25H22N2O4. The third-order valence-electron chi connectivity index (χ3n) is 5.18. The van der Waals surface area contributed by atoms with Gasteiger partial charge in [0.15, 0.2) is 0 Å². The van der Waals surface area contributed by atoms with Crippen molar-refractivity contribution in [3.8, 4) is 5.75 Å². The fourth-order valence-electron chi connectivity index (χ4n) is 3.77. The molecule has 2 heterocycles. The highest BCUT2D eigenvalue weighted by Crippen LogP contribution is 2.40. The molecule has 1 saturated heterocycles. The quantitative estimate of drug-likeness (QED) is 0.373. The van der Waals surface area contributed by atoms with Gasteiger partial charge in [0, 0.05) is 24.5 Å². The molecule has 1 atom stereocenters. The number of aromatic nitrogens is 1. The first-order chi connectivity index (χ1) is 15.1. The van der Waals surface area contributed by atoms with Crippen LogP contribution in [0.2, 0.25) is 0 Å². The summed E-state index contributed by atoms with van der Waals surface area (Å²) in [5.41, 5.74) is 2.09. The average Bonchev–Trinajstić information content (AvgIpc) is 3.05. The van der Waals surface area contributed by atoms with Crippen LogP contribution >= 0.6 is 0 Å². The monoisotopic (exact) mass is 414 g/mol. The Bertz CT molecular complexity index is 1130. The molecule has 0 saturated carbocycles. The highest BCUT2D eigenvalue weighted by atomic mass is 16.5. The number of benzene rings is 2. The Morgan fingerprint density at radius 1 is 1.03 bits per heavy atom. The van der Waals surface area contributed by atoms with Crippen molar-refractivity contribution in [1.29, 1.82) is 0 Å². The van der Waals surface area contributed by atoms with Gasteiger partial charge in [-0.1, -0.05) is 42.5 Å². The van der Waals surface area contributed by atoms with Crippen molar-refractivity contribution >= 4 is 17.4 Å². The summed E-state index contributed by atoms with van der Waals surface area (Å²) < 4.78 is 5.52. The highest BCUT2D eigenvalue weighted by molar-refractivity contribution is 6.46. The lowest BCUT2D eigenvalue weighted by Crippen LogP contribution is -2.29. The molecule has 1 unspecified atom stereocenters. The Morgan fingerprint density at radius 3 is 2.48 bits per heavy atom. The lowest BCUT2D eigenvalue weighted by atomic mass is 9.95. The predicted molar refractivity (Wildman–Crippen MR) is 116 cm³/mol. The van der Waals surface area contributed by atoms with E-state index in [1.807, 2.05) is 37.3 Å². The van der Waals surface area contributed by atoms with E-state index < -0.39 is 17.7 Å². The predicted octanol–water partition coefficient (Wildman–Crippen LogP) is 4.10. The van der Waals surface area contributed by atoms with E-state index in [0.717, 1.165) is 11.1 Å². The van der Waals surface area contributed by atoms with Gasteiger partial charge >= 0.3 is 0 Å². The van der Waals surface area contributed by atoms with Gasteiger partial charge in [0.25, 0.3) is 11.7 Å². The number of aliphatic hydroxyl groups is 1. The number of hydrogen-bond acceptors (Lipinski definition) is 5. The van der Waals surface area contributed by atoms with Crippen LogP contribution in [-0.4, -0.2) is 33.3 Å². The van der Waals surface area contributed by atoms with E-state index in [2.05, 4.69) is 4.98 Å². The smallest absolute Gasteiger partial charge is 0.295 e. The van der Waals surface area contributed by atoms with Crippen LogP contribution in [-0.2, 0) is 16.1 Å². The van der Waals surface area contributed by atoms with Gasteiger partial charge < -0.3 is 14.7 Å².